The van der Waals surface area contributed by atoms with E-state index in [4.69, 9.17) is 16.3 Å². The van der Waals surface area contributed by atoms with Gasteiger partial charge in [-0.3, -0.25) is 0 Å². The van der Waals surface area contributed by atoms with E-state index in [2.05, 4.69) is 27.9 Å². The summed E-state index contributed by atoms with van der Waals surface area (Å²) in [7, 11) is 1.64. The Balaban J connectivity index is 1.97. The Kier molecular flexibility index (Phi) is 6.29. The van der Waals surface area contributed by atoms with Crippen molar-refractivity contribution in [2.45, 2.75) is 19.8 Å². The molecule has 21 heavy (non-hydrogen) atoms. The van der Waals surface area contributed by atoms with Gasteiger partial charge in [-0.15, -0.1) is 11.3 Å². The predicted molar refractivity (Wildman–Crippen MR) is 90.3 cm³/mol. The van der Waals surface area contributed by atoms with Gasteiger partial charge in [-0.25, -0.2) is 4.98 Å². The minimum Gasteiger partial charge on any atom is -0.495 e. The minimum atomic E-state index is 0.666. The summed E-state index contributed by atoms with van der Waals surface area (Å²) in [5.41, 5.74) is 1.92. The van der Waals surface area contributed by atoms with E-state index in [1.165, 1.54) is 0 Å². The van der Waals surface area contributed by atoms with Gasteiger partial charge in [0.05, 0.1) is 18.5 Å². The molecule has 1 heterocycles. The average molecular weight is 326 g/mol. The molecule has 0 radical (unpaired) electrons. The molecule has 0 aliphatic heterocycles. The second kappa shape index (κ2) is 8.22. The lowest BCUT2D eigenvalue weighted by Gasteiger charge is -2.09. The van der Waals surface area contributed by atoms with Crippen molar-refractivity contribution in [1.82, 2.24) is 10.3 Å². The Morgan fingerprint density at radius 1 is 1.33 bits per heavy atom. The molecule has 0 atom stereocenters. The zero-order valence-corrected chi connectivity index (χ0v) is 13.9. The molecule has 0 bridgehead atoms. The van der Waals surface area contributed by atoms with Crippen molar-refractivity contribution in [2.24, 2.45) is 0 Å². The summed E-state index contributed by atoms with van der Waals surface area (Å²) in [6.45, 7) is 4.17. The molecule has 0 fully saturated rings. The Hall–Kier alpha value is -1.30. The maximum absolute atomic E-state index is 6.02. The summed E-state index contributed by atoms with van der Waals surface area (Å²) >= 11 is 7.61. The van der Waals surface area contributed by atoms with Crippen LogP contribution in [-0.2, 0) is 6.42 Å². The Morgan fingerprint density at radius 3 is 2.95 bits per heavy atom. The normalized spacial score (nSPS) is 10.6. The molecule has 0 saturated carbocycles. The van der Waals surface area contributed by atoms with Gasteiger partial charge < -0.3 is 15.4 Å². The molecular weight excluding hydrogens is 306 g/mol. The van der Waals surface area contributed by atoms with Crippen LogP contribution in [0.1, 0.15) is 19.0 Å². The van der Waals surface area contributed by atoms with Crippen molar-refractivity contribution in [3.8, 4) is 5.75 Å². The molecule has 0 spiro atoms. The van der Waals surface area contributed by atoms with Gasteiger partial charge in [0.2, 0.25) is 0 Å². The molecule has 0 saturated heterocycles. The maximum atomic E-state index is 6.02. The number of anilines is 2. The summed E-state index contributed by atoms with van der Waals surface area (Å²) in [6.07, 6.45) is 2.09. The second-order valence-corrected chi connectivity index (χ2v) is 5.91. The highest BCUT2D eigenvalue weighted by molar-refractivity contribution is 7.13. The molecule has 1 aromatic heterocycles. The monoisotopic (exact) mass is 325 g/mol. The molecule has 1 aromatic carbocycles. The van der Waals surface area contributed by atoms with Gasteiger partial charge in [-0.2, -0.15) is 0 Å². The summed E-state index contributed by atoms with van der Waals surface area (Å²) in [5.74, 6) is 0.751. The average Bonchev–Trinajstić information content (AvgIpc) is 2.91. The van der Waals surface area contributed by atoms with E-state index >= 15 is 0 Å². The highest BCUT2D eigenvalue weighted by atomic mass is 35.5. The predicted octanol–water partition coefficient (Wildman–Crippen LogP) is 4.09. The zero-order chi connectivity index (χ0) is 15.1. The van der Waals surface area contributed by atoms with Gasteiger partial charge in [-0.05, 0) is 31.2 Å². The fourth-order valence-corrected chi connectivity index (χ4v) is 2.82. The van der Waals surface area contributed by atoms with Gasteiger partial charge >= 0.3 is 0 Å². The number of hydrogen-bond acceptors (Lipinski definition) is 5. The third-order valence-electron chi connectivity index (χ3n) is 2.94. The van der Waals surface area contributed by atoms with Crippen LogP contribution in [-0.4, -0.2) is 25.2 Å². The number of aromatic nitrogens is 1. The topological polar surface area (TPSA) is 46.2 Å². The summed E-state index contributed by atoms with van der Waals surface area (Å²) < 4.78 is 5.32. The molecule has 6 heteroatoms. The number of rotatable bonds is 8. The minimum absolute atomic E-state index is 0.666. The fraction of sp³-hybridized carbons (Fsp3) is 0.400. The van der Waals surface area contributed by atoms with Crippen LogP contribution in [0.3, 0.4) is 0 Å². The first kappa shape index (κ1) is 16.1. The number of nitrogens with one attached hydrogen (secondary N) is 2. The Bertz CT molecular complexity index is 574. The molecule has 4 nitrogen and oxygen atoms in total. The molecule has 114 valence electrons. The van der Waals surface area contributed by atoms with Crippen molar-refractivity contribution >= 4 is 33.8 Å². The van der Waals surface area contributed by atoms with E-state index in [1.807, 2.05) is 12.1 Å². The van der Waals surface area contributed by atoms with Crippen molar-refractivity contribution in [3.05, 3.63) is 34.3 Å². The first-order chi connectivity index (χ1) is 10.2. The van der Waals surface area contributed by atoms with Crippen LogP contribution in [0.4, 0.5) is 10.8 Å². The lowest BCUT2D eigenvalue weighted by atomic mass is 10.3. The quantitative estimate of drug-likeness (QED) is 0.718. The zero-order valence-electron chi connectivity index (χ0n) is 12.3. The first-order valence-electron chi connectivity index (χ1n) is 6.98. The molecule has 2 N–H and O–H groups in total. The molecular formula is C15H20ClN3OS. The van der Waals surface area contributed by atoms with Crippen LogP contribution in [0.25, 0.3) is 0 Å². The molecule has 0 unspecified atom stereocenters. The van der Waals surface area contributed by atoms with Crippen LogP contribution in [0.5, 0.6) is 5.75 Å². The number of ether oxygens (including phenoxy) is 1. The molecule has 0 aliphatic carbocycles. The van der Waals surface area contributed by atoms with Crippen molar-refractivity contribution in [3.63, 3.8) is 0 Å². The Morgan fingerprint density at radius 2 is 2.19 bits per heavy atom. The summed E-state index contributed by atoms with van der Waals surface area (Å²) in [6, 6.07) is 5.48. The third-order valence-corrected chi connectivity index (χ3v) is 3.98. The van der Waals surface area contributed by atoms with Gasteiger partial charge in [0.1, 0.15) is 5.75 Å². The van der Waals surface area contributed by atoms with E-state index in [0.29, 0.717) is 5.02 Å². The van der Waals surface area contributed by atoms with Gasteiger partial charge in [0.15, 0.2) is 5.13 Å². The molecule has 0 aliphatic rings. The molecule has 2 aromatic rings. The van der Waals surface area contributed by atoms with Crippen LogP contribution < -0.4 is 15.4 Å². The lowest BCUT2D eigenvalue weighted by Crippen LogP contribution is -2.17. The highest BCUT2D eigenvalue weighted by Crippen LogP contribution is 2.31. The fourth-order valence-electron chi connectivity index (χ4n) is 1.89. The lowest BCUT2D eigenvalue weighted by molar-refractivity contribution is 0.417. The first-order valence-corrected chi connectivity index (χ1v) is 8.24. The van der Waals surface area contributed by atoms with Crippen molar-refractivity contribution < 1.29 is 4.74 Å². The number of methoxy groups -OCH3 is 1. The summed E-state index contributed by atoms with van der Waals surface area (Å²) in [5, 5.41) is 10.2. The largest absolute Gasteiger partial charge is 0.495 e. The Labute approximate surface area is 134 Å². The SMILES string of the molecule is CCCNCCc1csc(Nc2cc(Cl)ccc2OC)n1. The van der Waals surface area contributed by atoms with Gasteiger partial charge in [0.25, 0.3) is 0 Å². The van der Waals surface area contributed by atoms with Crippen molar-refractivity contribution in [1.29, 1.82) is 0 Å². The van der Waals surface area contributed by atoms with E-state index < -0.39 is 0 Å². The van der Waals surface area contributed by atoms with Crippen LogP contribution in [0.2, 0.25) is 5.02 Å². The standard InChI is InChI=1S/C15H20ClN3OS/c1-3-7-17-8-6-12-10-21-15(18-12)19-13-9-11(16)4-5-14(13)20-2/h4-5,9-10,17H,3,6-8H2,1-2H3,(H,18,19). The molecule has 0 amide bonds. The van der Waals surface area contributed by atoms with Crippen LogP contribution in [0.15, 0.2) is 23.6 Å². The maximum Gasteiger partial charge on any atom is 0.187 e. The number of nitrogens with zero attached hydrogens (tertiary/aromatic N) is 1. The van der Waals surface area contributed by atoms with Crippen LogP contribution >= 0.6 is 22.9 Å². The highest BCUT2D eigenvalue weighted by Gasteiger charge is 2.07. The number of halogens is 1. The van der Waals surface area contributed by atoms with Gasteiger partial charge in [-0.1, -0.05) is 18.5 Å². The van der Waals surface area contributed by atoms with E-state index in [-0.39, 0.29) is 0 Å². The number of hydrogen-bond donors (Lipinski definition) is 2. The van der Waals surface area contributed by atoms with E-state index in [0.717, 1.165) is 48.2 Å². The van der Waals surface area contributed by atoms with Crippen molar-refractivity contribution in [2.75, 3.05) is 25.5 Å². The third kappa shape index (κ3) is 4.88. The van der Waals surface area contributed by atoms with E-state index in [1.54, 1.807) is 24.5 Å². The smallest absolute Gasteiger partial charge is 0.187 e. The number of thiazole rings is 1. The van der Waals surface area contributed by atoms with Gasteiger partial charge in [0, 0.05) is 23.4 Å². The second-order valence-electron chi connectivity index (χ2n) is 4.61. The summed E-state index contributed by atoms with van der Waals surface area (Å²) in [4.78, 5) is 4.58. The van der Waals surface area contributed by atoms with E-state index in [9.17, 15) is 0 Å². The number of benzene rings is 1. The van der Waals surface area contributed by atoms with Crippen LogP contribution in [0, 0.1) is 0 Å². The molecule has 2 rings (SSSR count).